The molecule has 30 heavy (non-hydrogen) atoms. The van der Waals surface area contributed by atoms with E-state index in [1.807, 2.05) is 6.07 Å². The molecule has 4 aromatic rings. The molecule has 4 rings (SSSR count). The van der Waals surface area contributed by atoms with Crippen LogP contribution in [0.4, 0.5) is 11.5 Å². The molecule has 0 aliphatic rings. The summed E-state index contributed by atoms with van der Waals surface area (Å²) in [5, 5.41) is 8.11. The second-order valence-electron chi connectivity index (χ2n) is 6.80. The monoisotopic (exact) mass is 401 g/mol. The molecule has 0 unspecified atom stereocenters. The number of hydrogen-bond acceptors (Lipinski definition) is 8. The van der Waals surface area contributed by atoms with Gasteiger partial charge in [-0.1, -0.05) is 18.2 Å². The summed E-state index contributed by atoms with van der Waals surface area (Å²) in [5.74, 6) is 0.542. The van der Waals surface area contributed by atoms with E-state index in [2.05, 4.69) is 20.2 Å². The topological polar surface area (TPSA) is 137 Å². The van der Waals surface area contributed by atoms with E-state index in [1.54, 1.807) is 62.8 Å². The average Bonchev–Trinajstić information content (AvgIpc) is 3.24. The normalized spacial score (nSPS) is 10.7. The third kappa shape index (κ3) is 3.68. The largest absolute Gasteiger partial charge is 0.414 e. The molecule has 2 aromatic carbocycles. The van der Waals surface area contributed by atoms with Gasteiger partial charge in [0.15, 0.2) is 11.5 Å². The van der Waals surface area contributed by atoms with E-state index < -0.39 is 0 Å². The number of hydrogen-bond donors (Lipinski definition) is 2. The number of aromatic nitrogens is 4. The highest BCUT2D eigenvalue weighted by atomic mass is 16.4. The number of benzene rings is 2. The summed E-state index contributed by atoms with van der Waals surface area (Å²) in [6.07, 6.45) is 1.55. The summed E-state index contributed by atoms with van der Waals surface area (Å²) in [6.45, 7) is 0. The molecule has 0 saturated heterocycles. The van der Waals surface area contributed by atoms with Crippen LogP contribution in [-0.4, -0.2) is 45.1 Å². The number of nitrogens with zero attached hydrogens (tertiary/aromatic N) is 5. The van der Waals surface area contributed by atoms with Crippen LogP contribution >= 0.6 is 0 Å². The number of carbonyl (C=O) groups is 1. The minimum atomic E-state index is -0.0782. The minimum Gasteiger partial charge on any atom is -0.414 e. The van der Waals surface area contributed by atoms with Crippen LogP contribution in [0.25, 0.3) is 34.3 Å². The Morgan fingerprint density at radius 2 is 1.70 bits per heavy atom. The minimum absolute atomic E-state index is 0.0782. The highest BCUT2D eigenvalue weighted by Gasteiger charge is 2.17. The molecule has 2 heterocycles. The summed E-state index contributed by atoms with van der Waals surface area (Å²) >= 11 is 0. The van der Waals surface area contributed by atoms with Gasteiger partial charge in [0, 0.05) is 36.5 Å². The Bertz CT molecular complexity index is 1220. The molecule has 0 spiro atoms. The van der Waals surface area contributed by atoms with Crippen LogP contribution in [0, 0.1) is 0 Å². The number of nitrogen functional groups attached to an aromatic ring is 2. The molecular weight excluding hydrogens is 382 g/mol. The lowest BCUT2D eigenvalue weighted by atomic mass is 10.1. The van der Waals surface area contributed by atoms with Crippen LogP contribution in [0.3, 0.4) is 0 Å². The first-order valence-electron chi connectivity index (χ1n) is 9.07. The van der Waals surface area contributed by atoms with Crippen molar-refractivity contribution in [2.24, 2.45) is 0 Å². The zero-order valence-electron chi connectivity index (χ0n) is 16.4. The van der Waals surface area contributed by atoms with Crippen molar-refractivity contribution in [2.45, 2.75) is 0 Å². The fourth-order valence-electron chi connectivity index (χ4n) is 2.84. The Morgan fingerprint density at radius 3 is 2.40 bits per heavy atom. The van der Waals surface area contributed by atoms with Crippen molar-refractivity contribution in [1.29, 1.82) is 0 Å². The number of carbonyl (C=O) groups excluding carboxylic acids is 1. The van der Waals surface area contributed by atoms with Crippen molar-refractivity contribution in [3.63, 3.8) is 0 Å². The number of amides is 1. The van der Waals surface area contributed by atoms with Crippen molar-refractivity contribution in [1.82, 2.24) is 25.1 Å². The van der Waals surface area contributed by atoms with Crippen LogP contribution in [0.2, 0.25) is 0 Å². The molecule has 0 aliphatic carbocycles. The Kier molecular flexibility index (Phi) is 4.85. The van der Waals surface area contributed by atoms with Crippen LogP contribution in [0.1, 0.15) is 10.4 Å². The Morgan fingerprint density at radius 1 is 0.967 bits per heavy atom. The third-order valence-corrected chi connectivity index (χ3v) is 4.40. The molecule has 0 aliphatic heterocycles. The number of rotatable bonds is 4. The molecule has 150 valence electrons. The van der Waals surface area contributed by atoms with Gasteiger partial charge in [-0.25, -0.2) is 9.97 Å². The maximum absolute atomic E-state index is 12.1. The van der Waals surface area contributed by atoms with E-state index in [1.165, 1.54) is 4.90 Å². The second kappa shape index (κ2) is 7.63. The van der Waals surface area contributed by atoms with E-state index in [0.717, 1.165) is 5.56 Å². The smallest absolute Gasteiger partial charge is 0.270 e. The molecule has 9 nitrogen and oxygen atoms in total. The fourth-order valence-corrected chi connectivity index (χ4v) is 2.84. The van der Waals surface area contributed by atoms with Gasteiger partial charge in [0.2, 0.25) is 5.89 Å². The van der Waals surface area contributed by atoms with Crippen LogP contribution in [0.15, 0.2) is 59.1 Å². The first-order chi connectivity index (χ1) is 14.4. The maximum Gasteiger partial charge on any atom is 0.270 e. The van der Waals surface area contributed by atoms with Gasteiger partial charge in [-0.3, -0.25) is 4.79 Å². The lowest BCUT2D eigenvalue weighted by molar-refractivity contribution is 0.0827. The van der Waals surface area contributed by atoms with E-state index >= 15 is 0 Å². The van der Waals surface area contributed by atoms with Crippen molar-refractivity contribution in [2.75, 3.05) is 25.6 Å². The summed E-state index contributed by atoms with van der Waals surface area (Å²) in [4.78, 5) is 22.3. The highest BCUT2D eigenvalue weighted by molar-refractivity contribution is 5.94. The van der Waals surface area contributed by atoms with E-state index in [-0.39, 0.29) is 23.3 Å². The van der Waals surface area contributed by atoms with Crippen molar-refractivity contribution in [3.05, 3.63) is 60.3 Å². The van der Waals surface area contributed by atoms with Gasteiger partial charge in [0.1, 0.15) is 0 Å². The summed E-state index contributed by atoms with van der Waals surface area (Å²) < 4.78 is 5.75. The number of anilines is 2. The van der Waals surface area contributed by atoms with Crippen LogP contribution in [-0.2, 0) is 0 Å². The zero-order valence-corrected chi connectivity index (χ0v) is 16.4. The zero-order chi connectivity index (χ0) is 21.3. The molecule has 0 fully saturated rings. The van der Waals surface area contributed by atoms with Gasteiger partial charge in [0.05, 0.1) is 11.9 Å². The Balaban J connectivity index is 1.67. The molecule has 0 atom stereocenters. The lowest BCUT2D eigenvalue weighted by Gasteiger charge is -2.10. The lowest BCUT2D eigenvalue weighted by Crippen LogP contribution is -2.21. The molecule has 9 heteroatoms. The van der Waals surface area contributed by atoms with Crippen molar-refractivity contribution in [3.8, 4) is 34.3 Å². The Hall–Kier alpha value is -4.27. The molecule has 4 N–H and O–H groups in total. The standard InChI is InChI=1S/C21H19N7O2/c1-28(2)21(29)13-8-6-12(7-9-13)16-11-24-18(23)17(25-16)20-27-26-19(30-20)14-4-3-5-15(22)10-14/h3-11H,22H2,1-2H3,(H2,23,24). The first kappa shape index (κ1) is 19.1. The SMILES string of the molecule is CN(C)C(=O)c1ccc(-c2cnc(N)c(-c3nnc(-c4cccc(N)c4)o3)n2)cc1. The molecule has 0 radical (unpaired) electrons. The molecule has 2 aromatic heterocycles. The predicted octanol–water partition coefficient (Wildman–Crippen LogP) is 2.73. The van der Waals surface area contributed by atoms with E-state index in [4.69, 9.17) is 15.9 Å². The Labute approximate surface area is 172 Å². The van der Waals surface area contributed by atoms with E-state index in [9.17, 15) is 4.79 Å². The predicted molar refractivity (Wildman–Crippen MR) is 113 cm³/mol. The van der Waals surface area contributed by atoms with Gasteiger partial charge in [-0.2, -0.15) is 0 Å². The molecule has 1 amide bonds. The van der Waals surface area contributed by atoms with Gasteiger partial charge in [-0.15, -0.1) is 10.2 Å². The second-order valence-corrected chi connectivity index (χ2v) is 6.80. The highest BCUT2D eigenvalue weighted by Crippen LogP contribution is 2.28. The first-order valence-corrected chi connectivity index (χ1v) is 9.07. The molecule has 0 bridgehead atoms. The summed E-state index contributed by atoms with van der Waals surface area (Å²) in [5.41, 5.74) is 15.3. The van der Waals surface area contributed by atoms with Gasteiger partial charge in [0.25, 0.3) is 11.8 Å². The maximum atomic E-state index is 12.1. The van der Waals surface area contributed by atoms with Crippen molar-refractivity contribution >= 4 is 17.4 Å². The van der Waals surface area contributed by atoms with E-state index in [0.29, 0.717) is 28.4 Å². The quantitative estimate of drug-likeness (QED) is 0.498. The number of nitrogens with two attached hydrogens (primary N) is 2. The average molecular weight is 401 g/mol. The van der Waals surface area contributed by atoms with Crippen LogP contribution < -0.4 is 11.5 Å². The summed E-state index contributed by atoms with van der Waals surface area (Å²) in [6, 6.07) is 14.2. The third-order valence-electron chi connectivity index (χ3n) is 4.40. The van der Waals surface area contributed by atoms with Gasteiger partial charge < -0.3 is 20.8 Å². The molecule has 0 saturated carbocycles. The fraction of sp³-hybridized carbons (Fsp3) is 0.0952. The summed E-state index contributed by atoms with van der Waals surface area (Å²) in [7, 11) is 3.41. The van der Waals surface area contributed by atoms with Gasteiger partial charge in [-0.05, 0) is 30.3 Å². The van der Waals surface area contributed by atoms with Crippen molar-refractivity contribution < 1.29 is 9.21 Å². The van der Waals surface area contributed by atoms with Gasteiger partial charge >= 0.3 is 0 Å². The molecular formula is C21H19N7O2. The van der Waals surface area contributed by atoms with Crippen LogP contribution in [0.5, 0.6) is 0 Å².